The van der Waals surface area contributed by atoms with E-state index >= 15 is 0 Å². The molecule has 0 saturated carbocycles. The second-order valence-corrected chi connectivity index (χ2v) is 6.80. The molecule has 2 N–H and O–H groups in total. The molecule has 1 aliphatic heterocycles. The molecule has 1 unspecified atom stereocenters. The van der Waals surface area contributed by atoms with E-state index in [1.165, 1.54) is 29.2 Å². The number of Topliss-reactive ketones (excluding diaryl/α,β-unsaturated/α-hetero) is 1. The van der Waals surface area contributed by atoms with Crippen LogP contribution < -0.4 is 4.90 Å². The van der Waals surface area contributed by atoms with Crippen LogP contribution in [0.1, 0.15) is 27.5 Å². The highest BCUT2D eigenvalue weighted by molar-refractivity contribution is 6.51. The van der Waals surface area contributed by atoms with Crippen molar-refractivity contribution in [2.24, 2.45) is 0 Å². The normalized spacial score (nSPS) is 17.9. The zero-order valence-electron chi connectivity index (χ0n) is 15.7. The van der Waals surface area contributed by atoms with Crippen LogP contribution in [-0.4, -0.2) is 27.9 Å². The lowest BCUT2D eigenvalue weighted by Crippen LogP contribution is -2.29. The van der Waals surface area contributed by atoms with Crippen molar-refractivity contribution < 1.29 is 24.6 Å². The largest absolute Gasteiger partial charge is 0.507 e. The van der Waals surface area contributed by atoms with Gasteiger partial charge >= 0.3 is 5.97 Å². The van der Waals surface area contributed by atoms with E-state index in [-0.39, 0.29) is 16.9 Å². The first-order chi connectivity index (χ1) is 14.5. The predicted octanol–water partition coefficient (Wildman–Crippen LogP) is 4.01. The summed E-state index contributed by atoms with van der Waals surface area (Å²) in [5.74, 6) is -2.93. The Morgan fingerprint density at radius 3 is 1.87 bits per heavy atom. The summed E-state index contributed by atoms with van der Waals surface area (Å²) in [6, 6.07) is 22.3. The van der Waals surface area contributed by atoms with E-state index in [0.717, 1.165) is 0 Å². The molecule has 1 heterocycles. The first-order valence-electron chi connectivity index (χ1n) is 9.24. The van der Waals surface area contributed by atoms with Crippen LogP contribution in [0.5, 0.6) is 0 Å². The molecule has 0 aliphatic carbocycles. The predicted molar refractivity (Wildman–Crippen MR) is 111 cm³/mol. The van der Waals surface area contributed by atoms with Crippen molar-refractivity contribution in [2.45, 2.75) is 6.04 Å². The molecule has 0 aromatic heterocycles. The Balaban J connectivity index is 1.91. The van der Waals surface area contributed by atoms with Crippen molar-refractivity contribution in [3.05, 3.63) is 107 Å². The lowest BCUT2D eigenvalue weighted by Gasteiger charge is -2.25. The van der Waals surface area contributed by atoms with Crippen molar-refractivity contribution in [1.29, 1.82) is 0 Å². The molecule has 0 radical (unpaired) electrons. The van der Waals surface area contributed by atoms with Gasteiger partial charge in [0, 0.05) is 11.3 Å². The Morgan fingerprint density at radius 1 is 0.733 bits per heavy atom. The number of carboxylic acids is 1. The Labute approximate surface area is 172 Å². The molecule has 4 rings (SSSR count). The number of hydrogen-bond acceptors (Lipinski definition) is 4. The molecule has 6 nitrogen and oxygen atoms in total. The monoisotopic (exact) mass is 399 g/mol. The van der Waals surface area contributed by atoms with Gasteiger partial charge in [-0.15, -0.1) is 0 Å². The minimum absolute atomic E-state index is 0.0142. The molecule has 1 atom stereocenters. The lowest BCUT2D eigenvalue weighted by molar-refractivity contribution is -0.132. The summed E-state index contributed by atoms with van der Waals surface area (Å²) in [5.41, 5.74) is 1.49. The fourth-order valence-electron chi connectivity index (χ4n) is 3.57. The summed E-state index contributed by atoms with van der Waals surface area (Å²) >= 11 is 0. The van der Waals surface area contributed by atoms with E-state index < -0.39 is 23.7 Å². The van der Waals surface area contributed by atoms with Gasteiger partial charge in [-0.2, -0.15) is 0 Å². The minimum Gasteiger partial charge on any atom is -0.507 e. The smallest absolute Gasteiger partial charge is 0.335 e. The number of hydrogen-bond donors (Lipinski definition) is 2. The average Bonchev–Trinajstić information content (AvgIpc) is 3.05. The van der Waals surface area contributed by atoms with Gasteiger partial charge in [0.1, 0.15) is 5.76 Å². The Kier molecular flexibility index (Phi) is 4.90. The zero-order valence-corrected chi connectivity index (χ0v) is 15.7. The standard InChI is InChI=1S/C24H17NO5/c26-21(16-9-5-2-6-10-16)19-20(15-7-3-1-4-8-15)25(23(28)22(19)27)18-13-11-17(12-14-18)24(29)30/h1-14,20,26H,(H,29,30)/b21-19+. The Hall–Kier alpha value is -4.19. The number of anilines is 1. The first-order valence-corrected chi connectivity index (χ1v) is 9.24. The molecule has 30 heavy (non-hydrogen) atoms. The third-order valence-corrected chi connectivity index (χ3v) is 5.00. The summed E-state index contributed by atoms with van der Waals surface area (Å²) in [6.45, 7) is 0. The van der Waals surface area contributed by atoms with E-state index in [9.17, 15) is 19.5 Å². The highest BCUT2D eigenvalue weighted by Crippen LogP contribution is 2.42. The number of benzene rings is 3. The van der Waals surface area contributed by atoms with Gasteiger partial charge in [0.25, 0.3) is 11.7 Å². The van der Waals surface area contributed by atoms with Gasteiger partial charge in [-0.05, 0) is 29.8 Å². The fraction of sp³-hybridized carbons (Fsp3) is 0.0417. The van der Waals surface area contributed by atoms with Gasteiger partial charge in [0.05, 0.1) is 17.2 Å². The van der Waals surface area contributed by atoms with E-state index in [1.807, 2.05) is 6.07 Å². The highest BCUT2D eigenvalue weighted by atomic mass is 16.4. The van der Waals surface area contributed by atoms with Gasteiger partial charge < -0.3 is 10.2 Å². The van der Waals surface area contributed by atoms with E-state index in [1.54, 1.807) is 54.6 Å². The number of aromatic carboxylic acids is 1. The maximum absolute atomic E-state index is 13.0. The molecule has 1 amide bonds. The Bertz CT molecular complexity index is 1150. The molecule has 1 aliphatic rings. The van der Waals surface area contributed by atoms with Crippen LogP contribution in [0.3, 0.4) is 0 Å². The van der Waals surface area contributed by atoms with Crippen LogP contribution >= 0.6 is 0 Å². The summed E-state index contributed by atoms with van der Waals surface area (Å²) in [5, 5.41) is 20.1. The van der Waals surface area contributed by atoms with Gasteiger partial charge in [-0.3, -0.25) is 14.5 Å². The lowest BCUT2D eigenvalue weighted by atomic mass is 9.95. The topological polar surface area (TPSA) is 94.9 Å². The van der Waals surface area contributed by atoms with Crippen molar-refractivity contribution in [2.75, 3.05) is 4.90 Å². The molecule has 3 aromatic carbocycles. The number of carbonyl (C=O) groups excluding carboxylic acids is 2. The first kappa shape index (κ1) is 19.1. The maximum atomic E-state index is 13.0. The summed E-state index contributed by atoms with van der Waals surface area (Å²) in [6.07, 6.45) is 0. The van der Waals surface area contributed by atoms with Crippen molar-refractivity contribution >= 4 is 29.1 Å². The molecular formula is C24H17NO5. The number of rotatable bonds is 4. The average molecular weight is 399 g/mol. The van der Waals surface area contributed by atoms with Crippen molar-refractivity contribution in [3.8, 4) is 0 Å². The summed E-state index contributed by atoms with van der Waals surface area (Å²) in [7, 11) is 0. The molecule has 0 spiro atoms. The number of carboxylic acid groups (broad SMARTS) is 1. The number of aliphatic hydroxyl groups is 1. The maximum Gasteiger partial charge on any atom is 0.335 e. The highest BCUT2D eigenvalue weighted by Gasteiger charge is 2.46. The van der Waals surface area contributed by atoms with Crippen LogP contribution in [-0.2, 0) is 9.59 Å². The van der Waals surface area contributed by atoms with Gasteiger partial charge in [-0.1, -0.05) is 60.7 Å². The van der Waals surface area contributed by atoms with Crippen molar-refractivity contribution in [3.63, 3.8) is 0 Å². The fourth-order valence-corrected chi connectivity index (χ4v) is 3.57. The molecule has 148 valence electrons. The van der Waals surface area contributed by atoms with Crippen LogP contribution in [0.25, 0.3) is 5.76 Å². The zero-order chi connectivity index (χ0) is 21.3. The molecule has 1 fully saturated rings. The van der Waals surface area contributed by atoms with Crippen LogP contribution in [0.15, 0.2) is 90.5 Å². The quantitative estimate of drug-likeness (QED) is 0.393. The molecule has 3 aromatic rings. The molecule has 6 heteroatoms. The number of nitrogens with zero attached hydrogens (tertiary/aromatic N) is 1. The van der Waals surface area contributed by atoms with Gasteiger partial charge in [-0.25, -0.2) is 4.79 Å². The van der Waals surface area contributed by atoms with E-state index in [2.05, 4.69) is 0 Å². The van der Waals surface area contributed by atoms with Crippen LogP contribution in [0.2, 0.25) is 0 Å². The number of ketones is 1. The molecule has 0 bridgehead atoms. The summed E-state index contributed by atoms with van der Waals surface area (Å²) in [4.78, 5) is 38.4. The third-order valence-electron chi connectivity index (χ3n) is 5.00. The summed E-state index contributed by atoms with van der Waals surface area (Å²) < 4.78 is 0. The van der Waals surface area contributed by atoms with E-state index in [4.69, 9.17) is 5.11 Å². The van der Waals surface area contributed by atoms with E-state index in [0.29, 0.717) is 16.8 Å². The Morgan fingerprint density at radius 2 is 1.30 bits per heavy atom. The van der Waals surface area contributed by atoms with Crippen LogP contribution in [0, 0.1) is 0 Å². The van der Waals surface area contributed by atoms with Gasteiger partial charge in [0.15, 0.2) is 0 Å². The van der Waals surface area contributed by atoms with Crippen molar-refractivity contribution in [1.82, 2.24) is 0 Å². The van der Waals surface area contributed by atoms with Crippen LogP contribution in [0.4, 0.5) is 5.69 Å². The van der Waals surface area contributed by atoms with Gasteiger partial charge in [0.2, 0.25) is 0 Å². The SMILES string of the molecule is O=C1C(=O)N(c2ccc(C(=O)O)cc2)C(c2ccccc2)/C1=C(\O)c1ccccc1. The molecular weight excluding hydrogens is 382 g/mol. The second kappa shape index (κ2) is 7.67. The number of amides is 1. The third kappa shape index (κ3) is 3.24. The minimum atomic E-state index is -1.09. The number of aliphatic hydroxyl groups excluding tert-OH is 1. The number of carbonyl (C=O) groups is 3. The molecule has 1 saturated heterocycles. The second-order valence-electron chi connectivity index (χ2n) is 6.80.